The van der Waals surface area contributed by atoms with Gasteiger partial charge in [-0.3, -0.25) is 9.59 Å². The van der Waals surface area contributed by atoms with Crippen LogP contribution in [0.15, 0.2) is 18.2 Å². The van der Waals surface area contributed by atoms with E-state index in [1.807, 2.05) is 19.2 Å². The first kappa shape index (κ1) is 16.1. The molecule has 0 unspecified atom stereocenters. The molecule has 0 saturated heterocycles. The SMILES string of the molecule is CCCN(CCC)C(=O)C(=O)Nc1c(F)cccc1F. The highest BCUT2D eigenvalue weighted by Crippen LogP contribution is 2.18. The molecule has 0 saturated carbocycles. The van der Waals surface area contributed by atoms with Crippen LogP contribution in [0.1, 0.15) is 26.7 Å². The van der Waals surface area contributed by atoms with Gasteiger partial charge in [-0.25, -0.2) is 8.78 Å². The van der Waals surface area contributed by atoms with Crippen molar-refractivity contribution < 1.29 is 18.4 Å². The number of nitrogens with zero attached hydrogens (tertiary/aromatic N) is 1. The number of para-hydroxylation sites is 1. The van der Waals surface area contributed by atoms with Crippen LogP contribution in [0.25, 0.3) is 0 Å². The summed E-state index contributed by atoms with van der Waals surface area (Å²) in [5.41, 5.74) is -0.598. The fourth-order valence-corrected chi connectivity index (χ4v) is 1.78. The van der Waals surface area contributed by atoms with Crippen molar-refractivity contribution in [1.82, 2.24) is 4.90 Å². The minimum atomic E-state index is -1.03. The Morgan fingerprint density at radius 3 is 2.05 bits per heavy atom. The molecule has 0 radical (unpaired) electrons. The summed E-state index contributed by atoms with van der Waals surface area (Å²) in [6, 6.07) is 3.21. The lowest BCUT2D eigenvalue weighted by Gasteiger charge is -2.20. The predicted molar refractivity (Wildman–Crippen MR) is 72.1 cm³/mol. The molecule has 1 aromatic rings. The fraction of sp³-hybridized carbons (Fsp3) is 0.429. The second kappa shape index (κ2) is 7.57. The number of benzene rings is 1. The molecule has 1 N–H and O–H groups in total. The standard InChI is InChI=1S/C14H18F2N2O2/c1-3-8-18(9-4-2)14(20)13(19)17-12-10(15)6-5-7-11(12)16/h5-7H,3-4,8-9H2,1-2H3,(H,17,19). The Labute approximate surface area is 116 Å². The summed E-state index contributed by atoms with van der Waals surface area (Å²) < 4.78 is 26.8. The van der Waals surface area contributed by atoms with Crippen LogP contribution < -0.4 is 5.32 Å². The monoisotopic (exact) mass is 284 g/mol. The fourth-order valence-electron chi connectivity index (χ4n) is 1.78. The van der Waals surface area contributed by atoms with Crippen LogP contribution in [0.5, 0.6) is 0 Å². The molecule has 0 aliphatic heterocycles. The number of halogens is 2. The number of nitrogens with one attached hydrogen (secondary N) is 1. The van der Waals surface area contributed by atoms with Crippen molar-refractivity contribution in [2.75, 3.05) is 18.4 Å². The molecule has 4 nitrogen and oxygen atoms in total. The minimum absolute atomic E-state index is 0.430. The maximum atomic E-state index is 13.4. The number of carbonyl (C=O) groups excluding carboxylic acids is 2. The maximum Gasteiger partial charge on any atom is 0.314 e. The average molecular weight is 284 g/mol. The lowest BCUT2D eigenvalue weighted by Crippen LogP contribution is -2.40. The van der Waals surface area contributed by atoms with Gasteiger partial charge in [0.05, 0.1) is 0 Å². The smallest absolute Gasteiger partial charge is 0.314 e. The average Bonchev–Trinajstić information content (AvgIpc) is 2.42. The molecule has 110 valence electrons. The molecule has 0 bridgehead atoms. The predicted octanol–water partition coefficient (Wildman–Crippen LogP) is 2.55. The van der Waals surface area contributed by atoms with Gasteiger partial charge < -0.3 is 10.2 Å². The van der Waals surface area contributed by atoms with E-state index < -0.39 is 29.1 Å². The summed E-state index contributed by atoms with van der Waals surface area (Å²) >= 11 is 0. The van der Waals surface area contributed by atoms with Crippen LogP contribution in [0.3, 0.4) is 0 Å². The molecule has 6 heteroatoms. The van der Waals surface area contributed by atoms with Crippen LogP contribution >= 0.6 is 0 Å². The molecule has 1 aromatic carbocycles. The number of carbonyl (C=O) groups is 2. The molecule has 0 aliphatic rings. The Morgan fingerprint density at radius 2 is 1.60 bits per heavy atom. The van der Waals surface area contributed by atoms with Gasteiger partial charge >= 0.3 is 11.8 Å². The summed E-state index contributed by atoms with van der Waals surface area (Å²) in [6.07, 6.45) is 1.40. The molecule has 20 heavy (non-hydrogen) atoms. The molecular formula is C14H18F2N2O2. The zero-order valence-corrected chi connectivity index (χ0v) is 11.6. The second-order valence-corrected chi connectivity index (χ2v) is 4.34. The van der Waals surface area contributed by atoms with E-state index in [0.717, 1.165) is 12.1 Å². The van der Waals surface area contributed by atoms with Crippen molar-refractivity contribution in [3.8, 4) is 0 Å². The van der Waals surface area contributed by atoms with E-state index in [4.69, 9.17) is 0 Å². The van der Waals surface area contributed by atoms with Crippen LogP contribution in [-0.4, -0.2) is 29.8 Å². The first-order chi connectivity index (χ1) is 9.51. The zero-order chi connectivity index (χ0) is 15.1. The molecule has 0 fully saturated rings. The highest BCUT2D eigenvalue weighted by molar-refractivity contribution is 6.39. The Kier molecular flexibility index (Phi) is 6.09. The summed E-state index contributed by atoms with van der Waals surface area (Å²) in [5, 5.41) is 2.00. The van der Waals surface area contributed by atoms with Gasteiger partial charge in [0.1, 0.15) is 17.3 Å². The lowest BCUT2D eigenvalue weighted by molar-refractivity contribution is -0.143. The van der Waals surface area contributed by atoms with Crippen molar-refractivity contribution in [3.63, 3.8) is 0 Å². The van der Waals surface area contributed by atoms with Gasteiger partial charge in [-0.05, 0) is 25.0 Å². The van der Waals surface area contributed by atoms with E-state index in [1.54, 1.807) is 0 Å². The van der Waals surface area contributed by atoms with E-state index in [0.29, 0.717) is 25.9 Å². The number of hydrogen-bond donors (Lipinski definition) is 1. The topological polar surface area (TPSA) is 49.4 Å². The largest absolute Gasteiger partial charge is 0.334 e. The van der Waals surface area contributed by atoms with E-state index in [2.05, 4.69) is 0 Å². The number of anilines is 1. The van der Waals surface area contributed by atoms with Crippen LogP contribution in [0, 0.1) is 11.6 Å². The Hall–Kier alpha value is -1.98. The van der Waals surface area contributed by atoms with Gasteiger partial charge in [0.25, 0.3) is 0 Å². The third kappa shape index (κ3) is 4.01. The Bertz CT molecular complexity index is 466. The van der Waals surface area contributed by atoms with E-state index in [-0.39, 0.29) is 0 Å². The lowest BCUT2D eigenvalue weighted by atomic mass is 10.2. The van der Waals surface area contributed by atoms with Crippen molar-refractivity contribution >= 4 is 17.5 Å². The van der Waals surface area contributed by atoms with Gasteiger partial charge in [-0.2, -0.15) is 0 Å². The summed E-state index contributed by atoms with van der Waals surface area (Å²) in [5.74, 6) is -3.64. The van der Waals surface area contributed by atoms with Crippen LogP contribution in [0.2, 0.25) is 0 Å². The second-order valence-electron chi connectivity index (χ2n) is 4.34. The summed E-state index contributed by atoms with van der Waals surface area (Å²) in [4.78, 5) is 25.1. The van der Waals surface area contributed by atoms with Crippen LogP contribution in [-0.2, 0) is 9.59 Å². The van der Waals surface area contributed by atoms with Crippen molar-refractivity contribution in [2.24, 2.45) is 0 Å². The van der Waals surface area contributed by atoms with Crippen molar-refractivity contribution in [1.29, 1.82) is 0 Å². The molecule has 2 amide bonds. The Morgan fingerprint density at radius 1 is 1.10 bits per heavy atom. The van der Waals surface area contributed by atoms with E-state index in [9.17, 15) is 18.4 Å². The van der Waals surface area contributed by atoms with Gasteiger partial charge in [0, 0.05) is 13.1 Å². The highest BCUT2D eigenvalue weighted by atomic mass is 19.1. The quantitative estimate of drug-likeness (QED) is 0.845. The maximum absolute atomic E-state index is 13.4. The summed E-state index contributed by atoms with van der Waals surface area (Å²) in [6.45, 7) is 4.62. The van der Waals surface area contributed by atoms with Crippen molar-refractivity contribution in [3.05, 3.63) is 29.8 Å². The zero-order valence-electron chi connectivity index (χ0n) is 11.6. The van der Waals surface area contributed by atoms with E-state index >= 15 is 0 Å². The molecular weight excluding hydrogens is 266 g/mol. The third-order valence-corrected chi connectivity index (χ3v) is 2.67. The molecule has 1 rings (SSSR count). The molecule has 0 atom stereocenters. The number of amides is 2. The summed E-state index contributed by atoms with van der Waals surface area (Å²) in [7, 11) is 0. The first-order valence-electron chi connectivity index (χ1n) is 6.55. The normalized spacial score (nSPS) is 10.2. The van der Waals surface area contributed by atoms with Crippen LogP contribution in [0.4, 0.5) is 14.5 Å². The number of hydrogen-bond acceptors (Lipinski definition) is 2. The van der Waals surface area contributed by atoms with Gasteiger partial charge in [0.2, 0.25) is 0 Å². The minimum Gasteiger partial charge on any atom is -0.334 e. The van der Waals surface area contributed by atoms with Gasteiger partial charge in [-0.1, -0.05) is 19.9 Å². The van der Waals surface area contributed by atoms with Gasteiger partial charge in [0.15, 0.2) is 0 Å². The molecule has 0 aliphatic carbocycles. The van der Waals surface area contributed by atoms with Gasteiger partial charge in [-0.15, -0.1) is 0 Å². The molecule has 0 heterocycles. The first-order valence-corrected chi connectivity index (χ1v) is 6.55. The highest BCUT2D eigenvalue weighted by Gasteiger charge is 2.22. The molecule has 0 aromatic heterocycles. The van der Waals surface area contributed by atoms with Crippen molar-refractivity contribution in [2.45, 2.75) is 26.7 Å². The molecule has 0 spiro atoms. The Balaban J connectivity index is 2.81. The third-order valence-electron chi connectivity index (χ3n) is 2.67. The number of rotatable bonds is 5. The van der Waals surface area contributed by atoms with E-state index in [1.165, 1.54) is 11.0 Å².